The summed E-state index contributed by atoms with van der Waals surface area (Å²) in [6, 6.07) is 14.6. The van der Waals surface area contributed by atoms with E-state index in [0.717, 1.165) is 0 Å². The molecule has 0 atom stereocenters. The van der Waals surface area contributed by atoms with Gasteiger partial charge in [0, 0.05) is 29.6 Å². The van der Waals surface area contributed by atoms with Crippen LogP contribution < -0.4 is 5.43 Å². The van der Waals surface area contributed by atoms with Gasteiger partial charge in [0.25, 0.3) is 0 Å². The third kappa shape index (κ3) is 2.63. The van der Waals surface area contributed by atoms with Crippen LogP contribution in [-0.2, 0) is 0 Å². The summed E-state index contributed by atoms with van der Waals surface area (Å²) in [5, 5.41) is 1.27. The fraction of sp³-hybridized carbons (Fsp3) is 0. The second kappa shape index (κ2) is 6.68. The van der Waals surface area contributed by atoms with Gasteiger partial charge in [-0.3, -0.25) is 4.79 Å². The average Bonchev–Trinajstić information content (AvgIpc) is 2.30. The van der Waals surface area contributed by atoms with Gasteiger partial charge in [-0.05, 0) is 24.3 Å². The molecular formula is C13H12NaO4. The molecule has 0 bridgehead atoms. The summed E-state index contributed by atoms with van der Waals surface area (Å²) < 4.78 is 5.63. The quantitative estimate of drug-likeness (QED) is 0.441. The Bertz CT molecular complexity index is 649. The van der Waals surface area contributed by atoms with Crippen molar-refractivity contribution >= 4 is 51.5 Å². The van der Waals surface area contributed by atoms with Crippen molar-refractivity contribution in [2.75, 3.05) is 0 Å². The Morgan fingerprint density at radius 3 is 1.56 bits per heavy atom. The standard InChI is InChI=1S/C13H8O2.Na.2H2O/c14-13-9-5-1-3-7-11(9)15-12-8-4-2-6-10(12)13;;;/h1-8H;;2*1H2. The zero-order valence-corrected chi connectivity index (χ0v) is 11.9. The van der Waals surface area contributed by atoms with Crippen molar-refractivity contribution in [1.29, 1.82) is 0 Å². The summed E-state index contributed by atoms with van der Waals surface area (Å²) in [6.07, 6.45) is 0. The first-order valence-electron chi connectivity index (χ1n) is 4.77. The Morgan fingerprint density at radius 2 is 1.11 bits per heavy atom. The van der Waals surface area contributed by atoms with Crippen molar-refractivity contribution in [2.24, 2.45) is 0 Å². The number of benzene rings is 2. The number of para-hydroxylation sites is 2. The molecule has 0 aliphatic carbocycles. The zero-order valence-electron chi connectivity index (χ0n) is 9.94. The topological polar surface area (TPSA) is 93.2 Å². The van der Waals surface area contributed by atoms with Crippen LogP contribution in [0.4, 0.5) is 0 Å². The number of rotatable bonds is 0. The summed E-state index contributed by atoms with van der Waals surface area (Å²) in [5.74, 6) is 0. The van der Waals surface area contributed by atoms with Gasteiger partial charge in [-0.2, -0.15) is 0 Å². The van der Waals surface area contributed by atoms with Gasteiger partial charge in [0.2, 0.25) is 5.43 Å². The van der Waals surface area contributed by atoms with E-state index in [0.29, 0.717) is 21.9 Å². The van der Waals surface area contributed by atoms with Crippen molar-refractivity contribution in [2.45, 2.75) is 0 Å². The molecule has 0 fully saturated rings. The largest absolute Gasteiger partial charge is 0.456 e. The van der Waals surface area contributed by atoms with Gasteiger partial charge in [-0.15, -0.1) is 0 Å². The van der Waals surface area contributed by atoms with E-state index in [2.05, 4.69) is 0 Å². The van der Waals surface area contributed by atoms with E-state index in [1.54, 1.807) is 12.1 Å². The van der Waals surface area contributed by atoms with Gasteiger partial charge in [0.1, 0.15) is 11.2 Å². The van der Waals surface area contributed by atoms with Gasteiger partial charge in [0.15, 0.2) is 0 Å². The van der Waals surface area contributed by atoms with Gasteiger partial charge in [-0.25, -0.2) is 0 Å². The molecule has 0 unspecified atom stereocenters. The molecule has 0 saturated heterocycles. The van der Waals surface area contributed by atoms with Crippen LogP contribution >= 0.6 is 0 Å². The van der Waals surface area contributed by atoms with Crippen LogP contribution in [0.5, 0.6) is 0 Å². The van der Waals surface area contributed by atoms with Crippen LogP contribution in [0.2, 0.25) is 0 Å². The molecule has 89 valence electrons. The maximum absolute atomic E-state index is 12.0. The summed E-state index contributed by atoms with van der Waals surface area (Å²) in [7, 11) is 0. The number of hydrogen-bond acceptors (Lipinski definition) is 2. The minimum absolute atomic E-state index is 0. The molecule has 1 radical (unpaired) electrons. The maximum atomic E-state index is 12.0. The van der Waals surface area contributed by atoms with Crippen LogP contribution in [0.15, 0.2) is 57.7 Å². The van der Waals surface area contributed by atoms with Crippen molar-refractivity contribution < 1.29 is 15.4 Å². The summed E-state index contributed by atoms with van der Waals surface area (Å²) in [6.45, 7) is 0. The summed E-state index contributed by atoms with van der Waals surface area (Å²) in [5.41, 5.74) is 1.31. The molecular weight excluding hydrogens is 243 g/mol. The van der Waals surface area contributed by atoms with Gasteiger partial charge < -0.3 is 15.4 Å². The second-order valence-corrected chi connectivity index (χ2v) is 3.42. The molecule has 0 saturated carbocycles. The van der Waals surface area contributed by atoms with E-state index in [9.17, 15) is 4.79 Å². The van der Waals surface area contributed by atoms with Crippen molar-refractivity contribution in [3.05, 3.63) is 58.8 Å². The second-order valence-electron chi connectivity index (χ2n) is 3.42. The van der Waals surface area contributed by atoms with Crippen LogP contribution in [-0.4, -0.2) is 40.5 Å². The molecule has 4 nitrogen and oxygen atoms in total. The molecule has 1 heterocycles. The molecule has 3 aromatic rings. The third-order valence-electron chi connectivity index (χ3n) is 2.48. The van der Waals surface area contributed by atoms with E-state index in [1.807, 2.05) is 36.4 Å². The Balaban J connectivity index is 0.000000963. The van der Waals surface area contributed by atoms with Crippen LogP contribution in [0.25, 0.3) is 21.9 Å². The zero-order chi connectivity index (χ0) is 10.3. The van der Waals surface area contributed by atoms with E-state index in [4.69, 9.17) is 4.42 Å². The normalized spacial score (nSPS) is 9.11. The van der Waals surface area contributed by atoms with E-state index in [1.165, 1.54) is 0 Å². The Kier molecular flexibility index (Phi) is 6.25. The Labute approximate surface area is 125 Å². The third-order valence-corrected chi connectivity index (χ3v) is 2.48. The molecule has 2 aromatic carbocycles. The molecule has 4 N–H and O–H groups in total. The smallest absolute Gasteiger partial charge is 0.200 e. The first kappa shape index (κ1) is 16.8. The SMILES string of the molecule is O.O.O=c1c2ccccc2oc2ccccc12.[Na]. The average molecular weight is 255 g/mol. The van der Waals surface area contributed by atoms with Crippen LogP contribution in [0.3, 0.4) is 0 Å². The summed E-state index contributed by atoms with van der Waals surface area (Å²) in [4.78, 5) is 12.0. The molecule has 3 rings (SSSR count). The Hall–Kier alpha value is -1.17. The fourth-order valence-electron chi connectivity index (χ4n) is 1.75. The predicted octanol–water partition coefficient (Wildman–Crippen LogP) is 0.916. The molecule has 0 aliphatic heterocycles. The minimum atomic E-state index is 0. The van der Waals surface area contributed by atoms with E-state index < -0.39 is 0 Å². The predicted molar refractivity (Wildman–Crippen MR) is 73.0 cm³/mol. The van der Waals surface area contributed by atoms with Gasteiger partial charge >= 0.3 is 0 Å². The van der Waals surface area contributed by atoms with E-state index >= 15 is 0 Å². The summed E-state index contributed by atoms with van der Waals surface area (Å²) >= 11 is 0. The minimum Gasteiger partial charge on any atom is -0.456 e. The van der Waals surface area contributed by atoms with Crippen LogP contribution in [0.1, 0.15) is 0 Å². The molecule has 0 aliphatic rings. The molecule has 18 heavy (non-hydrogen) atoms. The van der Waals surface area contributed by atoms with Crippen LogP contribution in [0, 0.1) is 0 Å². The Morgan fingerprint density at radius 1 is 0.722 bits per heavy atom. The van der Waals surface area contributed by atoms with Crippen molar-refractivity contribution in [3.63, 3.8) is 0 Å². The fourth-order valence-corrected chi connectivity index (χ4v) is 1.75. The first-order chi connectivity index (χ1) is 7.36. The van der Waals surface area contributed by atoms with E-state index in [-0.39, 0.29) is 45.9 Å². The first-order valence-corrected chi connectivity index (χ1v) is 4.77. The number of hydrogen-bond donors (Lipinski definition) is 0. The molecule has 0 spiro atoms. The molecule has 0 amide bonds. The maximum Gasteiger partial charge on any atom is 0.200 e. The van der Waals surface area contributed by atoms with Crippen molar-refractivity contribution in [3.8, 4) is 0 Å². The van der Waals surface area contributed by atoms with Gasteiger partial charge in [0.05, 0.1) is 10.8 Å². The van der Waals surface area contributed by atoms with Gasteiger partial charge in [-0.1, -0.05) is 24.3 Å². The number of fused-ring (bicyclic) bond motifs is 2. The molecule has 1 aromatic heterocycles. The molecule has 5 heteroatoms. The van der Waals surface area contributed by atoms with Crippen molar-refractivity contribution in [1.82, 2.24) is 0 Å². The monoisotopic (exact) mass is 255 g/mol.